The van der Waals surface area contributed by atoms with Crippen molar-refractivity contribution in [3.8, 4) is 0 Å². The van der Waals surface area contributed by atoms with Crippen LogP contribution in [-0.4, -0.2) is 31.5 Å². The number of nitrogens with zero attached hydrogens (tertiary/aromatic N) is 2. The minimum absolute atomic E-state index is 0.0214. The lowest BCUT2D eigenvalue weighted by Crippen LogP contribution is -2.47. The Kier molecular flexibility index (Phi) is 6.57. The van der Waals surface area contributed by atoms with Crippen LogP contribution < -0.4 is 9.62 Å². The maximum Gasteiger partial charge on any atom is 0.271 e. The second-order valence-corrected chi connectivity index (χ2v) is 8.14. The summed E-state index contributed by atoms with van der Waals surface area (Å²) in [5.41, 5.74) is -0.200. The number of halogens is 2. The van der Waals surface area contributed by atoms with Crippen molar-refractivity contribution in [1.29, 1.82) is 0 Å². The number of carbonyl (C=O) groups is 1. The highest BCUT2D eigenvalue weighted by Gasteiger charge is 2.32. The largest absolute Gasteiger partial charge is 0.323 e. The number of non-ortho nitro benzene ring substituents is 1. The van der Waals surface area contributed by atoms with E-state index in [1.54, 1.807) is 6.92 Å². The van der Waals surface area contributed by atoms with E-state index in [0.29, 0.717) is 0 Å². The molecule has 2 aromatic rings. The molecule has 1 amide bonds. The molecule has 0 aliphatic carbocycles. The SMILES string of the molecule is CCC(C(=O)Nc1cc([N+](=O)[O-])ccc1Cl)N(c1ccc(F)cc1)S(C)(=O)=O. The second-order valence-electron chi connectivity index (χ2n) is 5.87. The Bertz CT molecular complexity index is 998. The van der Waals surface area contributed by atoms with Gasteiger partial charge in [-0.05, 0) is 36.8 Å². The number of hydrogen-bond donors (Lipinski definition) is 1. The van der Waals surface area contributed by atoms with Crippen LogP contribution in [0.15, 0.2) is 42.5 Å². The average Bonchev–Trinajstić information content (AvgIpc) is 2.61. The van der Waals surface area contributed by atoms with Gasteiger partial charge in [-0.15, -0.1) is 0 Å². The fourth-order valence-corrected chi connectivity index (χ4v) is 3.96. The van der Waals surface area contributed by atoms with E-state index >= 15 is 0 Å². The predicted molar refractivity (Wildman–Crippen MR) is 105 cm³/mol. The van der Waals surface area contributed by atoms with Crippen LogP contribution in [0.1, 0.15) is 13.3 Å². The Balaban J connectivity index is 2.41. The summed E-state index contributed by atoms with van der Waals surface area (Å²) in [4.78, 5) is 23.1. The van der Waals surface area contributed by atoms with Gasteiger partial charge < -0.3 is 5.32 Å². The van der Waals surface area contributed by atoms with Crippen molar-refractivity contribution in [2.24, 2.45) is 0 Å². The number of anilines is 2. The molecule has 0 spiro atoms. The van der Waals surface area contributed by atoms with Crippen molar-refractivity contribution in [3.05, 3.63) is 63.4 Å². The lowest BCUT2D eigenvalue weighted by Gasteiger charge is -2.30. The number of hydrogen-bond acceptors (Lipinski definition) is 5. The van der Waals surface area contributed by atoms with Gasteiger partial charge in [-0.3, -0.25) is 19.2 Å². The maximum atomic E-state index is 13.2. The molecule has 1 N–H and O–H groups in total. The van der Waals surface area contributed by atoms with Gasteiger partial charge in [0.25, 0.3) is 5.69 Å². The highest BCUT2D eigenvalue weighted by Crippen LogP contribution is 2.28. The molecule has 8 nitrogen and oxygen atoms in total. The van der Waals surface area contributed by atoms with E-state index in [0.717, 1.165) is 28.8 Å². The van der Waals surface area contributed by atoms with Crippen molar-refractivity contribution in [2.45, 2.75) is 19.4 Å². The Morgan fingerprint density at radius 3 is 2.39 bits per heavy atom. The van der Waals surface area contributed by atoms with Crippen LogP contribution in [0.4, 0.5) is 21.5 Å². The molecule has 0 saturated carbocycles. The van der Waals surface area contributed by atoms with Crippen LogP contribution in [-0.2, 0) is 14.8 Å². The molecule has 0 bridgehead atoms. The van der Waals surface area contributed by atoms with Crippen molar-refractivity contribution in [3.63, 3.8) is 0 Å². The van der Waals surface area contributed by atoms with E-state index in [2.05, 4.69) is 5.32 Å². The molecule has 2 aromatic carbocycles. The molecule has 28 heavy (non-hydrogen) atoms. The van der Waals surface area contributed by atoms with Gasteiger partial charge in [0, 0.05) is 12.1 Å². The summed E-state index contributed by atoms with van der Waals surface area (Å²) in [7, 11) is -3.90. The van der Waals surface area contributed by atoms with Gasteiger partial charge in [-0.25, -0.2) is 12.8 Å². The third kappa shape index (κ3) is 4.96. The van der Waals surface area contributed by atoms with E-state index in [1.165, 1.54) is 24.3 Å². The number of benzene rings is 2. The van der Waals surface area contributed by atoms with Crippen LogP contribution in [0.5, 0.6) is 0 Å². The molecule has 0 aliphatic heterocycles. The van der Waals surface area contributed by atoms with Crippen LogP contribution in [0.25, 0.3) is 0 Å². The molecule has 0 heterocycles. The third-order valence-electron chi connectivity index (χ3n) is 3.83. The molecular weight excluding hydrogens is 413 g/mol. The number of nitro benzene ring substituents is 1. The molecule has 1 unspecified atom stereocenters. The number of carbonyl (C=O) groups excluding carboxylic acids is 1. The van der Waals surface area contributed by atoms with E-state index in [1.807, 2.05) is 0 Å². The summed E-state index contributed by atoms with van der Waals surface area (Å²) in [6.07, 6.45) is 1.01. The van der Waals surface area contributed by atoms with Gasteiger partial charge in [0.1, 0.15) is 11.9 Å². The zero-order valence-corrected chi connectivity index (χ0v) is 16.5. The van der Waals surface area contributed by atoms with Crippen molar-refractivity contribution >= 4 is 44.6 Å². The standard InChI is InChI=1S/C17H17ClFN3O5S/c1-3-16(21(28(2,26)27)12-6-4-11(19)5-7-12)17(23)20-15-10-13(22(24)25)8-9-14(15)18/h4-10,16H,3H2,1-2H3,(H,20,23). The lowest BCUT2D eigenvalue weighted by atomic mass is 10.1. The summed E-state index contributed by atoms with van der Waals surface area (Å²) in [5, 5.41) is 13.4. The smallest absolute Gasteiger partial charge is 0.271 e. The summed E-state index contributed by atoms with van der Waals surface area (Å²) in [5.74, 6) is -1.29. The zero-order chi connectivity index (χ0) is 21.1. The topological polar surface area (TPSA) is 110 Å². The van der Waals surface area contributed by atoms with Crippen molar-refractivity contribution in [1.82, 2.24) is 0 Å². The van der Waals surface area contributed by atoms with Crippen LogP contribution in [0, 0.1) is 15.9 Å². The summed E-state index contributed by atoms with van der Waals surface area (Å²) in [6.45, 7) is 1.60. The fourth-order valence-electron chi connectivity index (χ4n) is 2.59. The first kappa shape index (κ1) is 21.6. The minimum atomic E-state index is -3.90. The monoisotopic (exact) mass is 429 g/mol. The molecule has 0 aromatic heterocycles. The highest BCUT2D eigenvalue weighted by molar-refractivity contribution is 7.92. The van der Waals surface area contributed by atoms with E-state index in [9.17, 15) is 27.7 Å². The third-order valence-corrected chi connectivity index (χ3v) is 5.34. The van der Waals surface area contributed by atoms with Gasteiger partial charge in [0.05, 0.1) is 27.6 Å². The van der Waals surface area contributed by atoms with Crippen LogP contribution >= 0.6 is 11.6 Å². The van der Waals surface area contributed by atoms with Crippen molar-refractivity contribution in [2.75, 3.05) is 15.9 Å². The van der Waals surface area contributed by atoms with Crippen LogP contribution in [0.3, 0.4) is 0 Å². The summed E-state index contributed by atoms with van der Waals surface area (Å²) >= 11 is 5.99. The first-order valence-corrected chi connectivity index (χ1v) is 10.3. The molecule has 2 rings (SSSR count). The molecule has 0 radical (unpaired) electrons. The van der Waals surface area contributed by atoms with Crippen molar-refractivity contribution < 1.29 is 22.5 Å². The first-order valence-electron chi connectivity index (χ1n) is 8.04. The number of nitrogens with one attached hydrogen (secondary N) is 1. The Labute approximate surface area is 166 Å². The van der Waals surface area contributed by atoms with E-state index in [-0.39, 0.29) is 28.5 Å². The Morgan fingerprint density at radius 2 is 1.89 bits per heavy atom. The first-order chi connectivity index (χ1) is 13.0. The van der Waals surface area contributed by atoms with Gasteiger partial charge in [-0.2, -0.15) is 0 Å². The van der Waals surface area contributed by atoms with Gasteiger partial charge in [0.15, 0.2) is 0 Å². The minimum Gasteiger partial charge on any atom is -0.323 e. The Hall–Kier alpha value is -2.72. The molecule has 150 valence electrons. The molecular formula is C17H17ClFN3O5S. The predicted octanol–water partition coefficient (Wildman–Crippen LogP) is 3.57. The van der Waals surface area contributed by atoms with E-state index in [4.69, 9.17) is 11.6 Å². The molecule has 0 fully saturated rings. The maximum absolute atomic E-state index is 13.2. The summed E-state index contributed by atoms with van der Waals surface area (Å²) < 4.78 is 38.7. The van der Waals surface area contributed by atoms with Gasteiger partial charge in [-0.1, -0.05) is 18.5 Å². The van der Waals surface area contributed by atoms with Crippen LogP contribution in [0.2, 0.25) is 5.02 Å². The molecule has 1 atom stereocenters. The second kappa shape index (κ2) is 8.53. The van der Waals surface area contributed by atoms with Gasteiger partial charge in [0.2, 0.25) is 15.9 Å². The average molecular weight is 430 g/mol. The molecule has 0 saturated heterocycles. The number of rotatable bonds is 7. The van der Waals surface area contributed by atoms with Gasteiger partial charge >= 0.3 is 0 Å². The Morgan fingerprint density at radius 1 is 1.29 bits per heavy atom. The summed E-state index contributed by atoms with van der Waals surface area (Å²) in [6, 6.07) is 6.97. The fraction of sp³-hybridized carbons (Fsp3) is 0.235. The number of sulfonamides is 1. The lowest BCUT2D eigenvalue weighted by molar-refractivity contribution is -0.384. The number of amides is 1. The highest BCUT2D eigenvalue weighted by atomic mass is 35.5. The number of nitro groups is 1. The molecule has 11 heteroatoms. The quantitative estimate of drug-likeness (QED) is 0.534. The normalized spacial score (nSPS) is 12.3. The van der Waals surface area contributed by atoms with E-state index < -0.39 is 32.7 Å². The zero-order valence-electron chi connectivity index (χ0n) is 14.9. The molecule has 0 aliphatic rings.